The molecule has 2 aromatic heterocycles. The third-order valence-electron chi connectivity index (χ3n) is 7.62. The van der Waals surface area contributed by atoms with E-state index in [2.05, 4.69) is 42.4 Å². The number of hydrogen-bond acceptors (Lipinski definition) is 8. The molecular formula is C28H35N5O3S2. The van der Waals surface area contributed by atoms with Crippen LogP contribution in [0.15, 0.2) is 23.4 Å². The zero-order valence-electron chi connectivity index (χ0n) is 22.9. The highest BCUT2D eigenvalue weighted by molar-refractivity contribution is 7.99. The van der Waals surface area contributed by atoms with Crippen molar-refractivity contribution in [3.8, 4) is 29.0 Å². The Labute approximate surface area is 232 Å². The summed E-state index contributed by atoms with van der Waals surface area (Å²) in [6, 6.07) is 7.92. The van der Waals surface area contributed by atoms with Crippen molar-refractivity contribution >= 4 is 34.0 Å². The Morgan fingerprint density at radius 3 is 2.55 bits per heavy atom. The molecule has 8 nitrogen and oxygen atoms in total. The van der Waals surface area contributed by atoms with Crippen molar-refractivity contribution in [2.75, 3.05) is 25.3 Å². The molecule has 0 unspecified atom stereocenters. The van der Waals surface area contributed by atoms with Gasteiger partial charge in [-0.25, -0.2) is 0 Å². The van der Waals surface area contributed by atoms with Gasteiger partial charge in [-0.05, 0) is 55.2 Å². The topological polar surface area (TPSA) is 102 Å². The van der Waals surface area contributed by atoms with Crippen LogP contribution in [-0.4, -0.2) is 40.6 Å². The third kappa shape index (κ3) is 5.69. The molecular weight excluding hydrogens is 518 g/mol. The summed E-state index contributed by atoms with van der Waals surface area (Å²) in [5.41, 5.74) is 2.83. The largest absolute Gasteiger partial charge is 0.497 e. The number of benzene rings is 1. The number of anilines is 1. The van der Waals surface area contributed by atoms with Crippen LogP contribution in [-0.2, 0) is 24.2 Å². The minimum atomic E-state index is -0.161. The summed E-state index contributed by atoms with van der Waals surface area (Å²) in [4.78, 5) is 14.2. The highest BCUT2D eigenvalue weighted by atomic mass is 32.2. The molecule has 0 saturated carbocycles. The molecule has 38 heavy (non-hydrogen) atoms. The van der Waals surface area contributed by atoms with E-state index < -0.39 is 0 Å². The van der Waals surface area contributed by atoms with Crippen LogP contribution in [0.1, 0.15) is 56.5 Å². The summed E-state index contributed by atoms with van der Waals surface area (Å²) in [6.45, 7) is 9.54. The number of nitrogens with zero attached hydrogens (tertiary/aromatic N) is 4. The van der Waals surface area contributed by atoms with Crippen LogP contribution in [0.5, 0.6) is 11.5 Å². The van der Waals surface area contributed by atoms with Gasteiger partial charge in [-0.1, -0.05) is 39.0 Å². The van der Waals surface area contributed by atoms with Gasteiger partial charge in [-0.15, -0.1) is 21.5 Å². The number of hydrogen-bond donors (Lipinski definition) is 1. The van der Waals surface area contributed by atoms with E-state index in [4.69, 9.17) is 9.47 Å². The summed E-state index contributed by atoms with van der Waals surface area (Å²) in [5.74, 6) is 2.59. The molecule has 202 valence electrons. The van der Waals surface area contributed by atoms with Gasteiger partial charge in [0.1, 0.15) is 22.6 Å². The van der Waals surface area contributed by atoms with Crippen molar-refractivity contribution < 1.29 is 14.3 Å². The first-order valence-corrected chi connectivity index (χ1v) is 14.7. The molecule has 0 spiro atoms. The van der Waals surface area contributed by atoms with Crippen molar-refractivity contribution in [3.05, 3.63) is 34.2 Å². The predicted molar refractivity (Wildman–Crippen MR) is 152 cm³/mol. The SMILES string of the molecule is CCn1c(SCC(=O)Nc2sc3c(c2C#N)CC[C@H](C(C)(C)CC)C3)nnc1-c1cc(OC)cc(OC)c1. The van der Waals surface area contributed by atoms with Gasteiger partial charge in [0.25, 0.3) is 0 Å². The predicted octanol–water partition coefficient (Wildman–Crippen LogP) is 6.19. The lowest BCUT2D eigenvalue weighted by Crippen LogP contribution is -2.28. The molecule has 3 aromatic rings. The number of methoxy groups -OCH3 is 2. The van der Waals surface area contributed by atoms with E-state index in [0.717, 1.165) is 36.8 Å². The number of amides is 1. The second-order valence-corrected chi connectivity index (χ2v) is 12.1. The zero-order valence-corrected chi connectivity index (χ0v) is 24.5. The van der Waals surface area contributed by atoms with E-state index >= 15 is 0 Å². The van der Waals surface area contributed by atoms with E-state index in [0.29, 0.717) is 45.5 Å². The van der Waals surface area contributed by atoms with Gasteiger partial charge in [0.05, 0.1) is 25.5 Å². The highest BCUT2D eigenvalue weighted by Gasteiger charge is 2.34. The molecule has 1 N–H and O–H groups in total. The number of rotatable bonds is 10. The van der Waals surface area contributed by atoms with Crippen molar-refractivity contribution in [2.24, 2.45) is 11.3 Å². The fourth-order valence-corrected chi connectivity index (χ4v) is 6.97. The maximum absolute atomic E-state index is 13.0. The Balaban J connectivity index is 1.47. The molecule has 1 aromatic carbocycles. The Morgan fingerprint density at radius 2 is 1.95 bits per heavy atom. The summed E-state index contributed by atoms with van der Waals surface area (Å²) >= 11 is 2.89. The normalized spacial score (nSPS) is 15.0. The maximum atomic E-state index is 13.0. The fourth-order valence-electron chi connectivity index (χ4n) is 4.87. The summed E-state index contributed by atoms with van der Waals surface area (Å²) in [7, 11) is 3.21. The third-order valence-corrected chi connectivity index (χ3v) is 9.76. The molecule has 0 saturated heterocycles. The van der Waals surface area contributed by atoms with Crippen molar-refractivity contribution in [2.45, 2.75) is 65.1 Å². The molecule has 0 bridgehead atoms. The van der Waals surface area contributed by atoms with E-state index in [-0.39, 0.29) is 17.1 Å². The fraction of sp³-hybridized carbons (Fsp3) is 0.500. The number of nitriles is 1. The number of thioether (sulfide) groups is 1. The van der Waals surface area contributed by atoms with Gasteiger partial charge in [0, 0.05) is 23.1 Å². The van der Waals surface area contributed by atoms with Crippen LogP contribution in [0.4, 0.5) is 5.00 Å². The molecule has 2 heterocycles. The maximum Gasteiger partial charge on any atom is 0.235 e. The molecule has 1 aliphatic carbocycles. The Kier molecular flexibility index (Phi) is 8.68. The second-order valence-electron chi connectivity index (χ2n) is 10.1. The lowest BCUT2D eigenvalue weighted by molar-refractivity contribution is -0.113. The van der Waals surface area contributed by atoms with Crippen LogP contribution >= 0.6 is 23.1 Å². The number of aromatic nitrogens is 3. The first-order valence-electron chi connectivity index (χ1n) is 12.9. The lowest BCUT2D eigenvalue weighted by atomic mass is 9.69. The minimum Gasteiger partial charge on any atom is -0.497 e. The molecule has 1 atom stereocenters. The van der Waals surface area contributed by atoms with Crippen LogP contribution in [0.3, 0.4) is 0 Å². The Hall–Kier alpha value is -3.03. The van der Waals surface area contributed by atoms with Gasteiger partial charge < -0.3 is 19.4 Å². The average Bonchev–Trinajstić information content (AvgIpc) is 3.51. The number of nitrogens with one attached hydrogen (secondary N) is 1. The summed E-state index contributed by atoms with van der Waals surface area (Å²) in [5, 5.41) is 22.9. The van der Waals surface area contributed by atoms with Crippen molar-refractivity contribution in [1.29, 1.82) is 5.26 Å². The van der Waals surface area contributed by atoms with E-state index in [1.54, 1.807) is 31.6 Å². The standard InChI is InChI=1S/C28H35N5O3S2/c1-7-28(3,4)18-9-10-21-22(15-29)26(38-23(21)13-18)30-24(34)16-37-27-32-31-25(33(27)8-2)17-11-19(35-5)14-20(12-17)36-6/h11-12,14,18H,7-10,13,16H2,1-6H3,(H,30,34)/t18-/m0/s1. The molecule has 0 fully saturated rings. The monoisotopic (exact) mass is 553 g/mol. The number of thiophene rings is 1. The quantitative estimate of drug-likeness (QED) is 0.299. The van der Waals surface area contributed by atoms with E-state index in [1.807, 2.05) is 23.6 Å². The molecule has 0 aliphatic heterocycles. The van der Waals surface area contributed by atoms with Crippen LogP contribution < -0.4 is 14.8 Å². The van der Waals surface area contributed by atoms with E-state index in [9.17, 15) is 10.1 Å². The lowest BCUT2D eigenvalue weighted by Gasteiger charge is -2.36. The van der Waals surface area contributed by atoms with Crippen LogP contribution in [0.25, 0.3) is 11.4 Å². The summed E-state index contributed by atoms with van der Waals surface area (Å²) < 4.78 is 12.8. The molecule has 0 radical (unpaired) electrons. The summed E-state index contributed by atoms with van der Waals surface area (Å²) in [6.07, 6.45) is 4.07. The number of carbonyl (C=O) groups is 1. The van der Waals surface area contributed by atoms with Gasteiger partial charge in [0.15, 0.2) is 11.0 Å². The van der Waals surface area contributed by atoms with Crippen LogP contribution in [0, 0.1) is 22.7 Å². The Bertz CT molecular complexity index is 1330. The molecule has 10 heteroatoms. The molecule has 4 rings (SSSR count). The number of fused-ring (bicyclic) bond motifs is 1. The van der Waals surface area contributed by atoms with Crippen LogP contribution in [0.2, 0.25) is 0 Å². The van der Waals surface area contributed by atoms with Gasteiger partial charge in [-0.3, -0.25) is 4.79 Å². The van der Waals surface area contributed by atoms with Gasteiger partial charge >= 0.3 is 0 Å². The minimum absolute atomic E-state index is 0.161. The first kappa shape index (κ1) is 28.0. The van der Waals surface area contributed by atoms with Crippen molar-refractivity contribution in [1.82, 2.24) is 14.8 Å². The van der Waals surface area contributed by atoms with E-state index in [1.165, 1.54) is 16.6 Å². The number of carbonyl (C=O) groups excluding carboxylic acids is 1. The molecule has 1 aliphatic rings. The average molecular weight is 554 g/mol. The highest BCUT2D eigenvalue weighted by Crippen LogP contribution is 2.45. The first-order chi connectivity index (χ1) is 18.2. The van der Waals surface area contributed by atoms with Gasteiger partial charge in [-0.2, -0.15) is 5.26 Å². The Morgan fingerprint density at radius 1 is 1.24 bits per heavy atom. The van der Waals surface area contributed by atoms with Gasteiger partial charge in [0.2, 0.25) is 5.91 Å². The molecule has 1 amide bonds. The zero-order chi connectivity index (χ0) is 27.4. The second kappa shape index (κ2) is 11.8. The van der Waals surface area contributed by atoms with Crippen molar-refractivity contribution in [3.63, 3.8) is 0 Å². The number of ether oxygens (including phenoxy) is 2. The smallest absolute Gasteiger partial charge is 0.235 e.